The number of aryl methyl sites for hydroxylation is 1. The van der Waals surface area contributed by atoms with Crippen LogP contribution in [0.2, 0.25) is 0 Å². The summed E-state index contributed by atoms with van der Waals surface area (Å²) in [5, 5.41) is 5.21. The summed E-state index contributed by atoms with van der Waals surface area (Å²) in [5.74, 6) is -0.314. The number of amides is 1. The van der Waals surface area contributed by atoms with Crippen LogP contribution in [-0.2, 0) is 4.79 Å². The van der Waals surface area contributed by atoms with Crippen LogP contribution in [0, 0.1) is 6.92 Å². The van der Waals surface area contributed by atoms with Crippen LogP contribution >= 0.6 is 11.3 Å². The molecule has 1 rings (SSSR count). The molecule has 0 fully saturated rings. The Labute approximate surface area is 88.3 Å². The summed E-state index contributed by atoms with van der Waals surface area (Å²) in [6.07, 6.45) is 0. The maximum absolute atomic E-state index is 10.9. The Morgan fingerprint density at radius 3 is 2.64 bits per heavy atom. The molecule has 1 aromatic heterocycles. The van der Waals surface area contributed by atoms with Crippen molar-refractivity contribution < 1.29 is 4.79 Å². The van der Waals surface area contributed by atoms with Gasteiger partial charge in [0.25, 0.3) is 0 Å². The Hall–Kier alpha value is -0.870. The molecule has 2 atom stereocenters. The van der Waals surface area contributed by atoms with Crippen molar-refractivity contribution in [1.29, 1.82) is 0 Å². The Kier molecular flexibility index (Phi) is 3.66. The van der Waals surface area contributed by atoms with E-state index in [0.717, 1.165) is 0 Å². The van der Waals surface area contributed by atoms with Gasteiger partial charge in [0.1, 0.15) is 0 Å². The molecule has 3 N–H and O–H groups in total. The highest BCUT2D eigenvalue weighted by molar-refractivity contribution is 7.10. The van der Waals surface area contributed by atoms with Crippen LogP contribution in [0.4, 0.5) is 0 Å². The lowest BCUT2D eigenvalue weighted by molar-refractivity contribution is -0.119. The van der Waals surface area contributed by atoms with Gasteiger partial charge >= 0.3 is 0 Å². The van der Waals surface area contributed by atoms with Crippen molar-refractivity contribution in [3.63, 3.8) is 0 Å². The van der Waals surface area contributed by atoms with Crippen molar-refractivity contribution in [2.24, 2.45) is 5.73 Å². The van der Waals surface area contributed by atoms with E-state index in [0.29, 0.717) is 0 Å². The Morgan fingerprint density at radius 1 is 1.57 bits per heavy atom. The van der Waals surface area contributed by atoms with Crippen LogP contribution in [-0.4, -0.2) is 11.9 Å². The van der Waals surface area contributed by atoms with E-state index in [1.165, 1.54) is 10.4 Å². The fraction of sp³-hybridized carbons (Fsp3) is 0.500. The number of hydrogen-bond donors (Lipinski definition) is 2. The highest BCUT2D eigenvalue weighted by atomic mass is 32.1. The van der Waals surface area contributed by atoms with E-state index in [2.05, 4.69) is 23.7 Å². The minimum atomic E-state index is -0.314. The summed E-state index contributed by atoms with van der Waals surface area (Å²) in [6.45, 7) is 5.89. The molecule has 1 heterocycles. The van der Waals surface area contributed by atoms with Crippen molar-refractivity contribution in [2.45, 2.75) is 32.9 Å². The largest absolute Gasteiger partial charge is 0.368 e. The third-order valence-corrected chi connectivity index (χ3v) is 3.42. The molecule has 4 heteroatoms. The van der Waals surface area contributed by atoms with Crippen molar-refractivity contribution in [2.75, 3.05) is 0 Å². The first kappa shape index (κ1) is 11.2. The van der Waals surface area contributed by atoms with Crippen LogP contribution in [0.15, 0.2) is 11.4 Å². The average molecular weight is 212 g/mol. The summed E-state index contributed by atoms with van der Waals surface area (Å²) in [4.78, 5) is 12.1. The third-order valence-electron chi connectivity index (χ3n) is 2.22. The number of rotatable bonds is 4. The molecule has 0 bridgehead atoms. The fourth-order valence-corrected chi connectivity index (χ4v) is 2.31. The van der Waals surface area contributed by atoms with E-state index in [4.69, 9.17) is 5.73 Å². The zero-order chi connectivity index (χ0) is 10.7. The van der Waals surface area contributed by atoms with Crippen molar-refractivity contribution in [1.82, 2.24) is 5.32 Å². The van der Waals surface area contributed by atoms with Crippen LogP contribution in [0.1, 0.15) is 30.3 Å². The van der Waals surface area contributed by atoms with Crippen LogP contribution in [0.5, 0.6) is 0 Å². The predicted molar refractivity (Wildman–Crippen MR) is 59.3 cm³/mol. The molecule has 0 aliphatic carbocycles. The van der Waals surface area contributed by atoms with Gasteiger partial charge in [0, 0.05) is 10.9 Å². The number of carbonyl (C=O) groups excluding carboxylic acids is 1. The van der Waals surface area contributed by atoms with Gasteiger partial charge in [-0.05, 0) is 37.8 Å². The summed E-state index contributed by atoms with van der Waals surface area (Å²) >= 11 is 1.70. The molecule has 14 heavy (non-hydrogen) atoms. The number of carbonyl (C=O) groups is 1. The zero-order valence-electron chi connectivity index (χ0n) is 8.70. The second-order valence-electron chi connectivity index (χ2n) is 3.48. The van der Waals surface area contributed by atoms with Gasteiger partial charge in [-0.2, -0.15) is 0 Å². The number of nitrogens with two attached hydrogens (primary N) is 1. The van der Waals surface area contributed by atoms with Gasteiger partial charge in [0.2, 0.25) is 5.91 Å². The van der Waals surface area contributed by atoms with Gasteiger partial charge < -0.3 is 5.73 Å². The molecule has 0 aliphatic heterocycles. The van der Waals surface area contributed by atoms with E-state index in [1.807, 2.05) is 6.92 Å². The van der Waals surface area contributed by atoms with Gasteiger partial charge in [-0.1, -0.05) is 0 Å². The lowest BCUT2D eigenvalue weighted by Crippen LogP contribution is -2.39. The molecule has 0 spiro atoms. The lowest BCUT2D eigenvalue weighted by Gasteiger charge is -2.17. The Morgan fingerprint density at radius 2 is 2.21 bits per heavy atom. The molecular formula is C10H16N2OS. The number of primary amides is 1. The third kappa shape index (κ3) is 2.56. The molecule has 2 unspecified atom stereocenters. The van der Waals surface area contributed by atoms with Crippen LogP contribution in [0.3, 0.4) is 0 Å². The molecular weight excluding hydrogens is 196 g/mol. The summed E-state index contributed by atoms with van der Waals surface area (Å²) in [6, 6.07) is 1.97. The van der Waals surface area contributed by atoms with Gasteiger partial charge in [-0.25, -0.2) is 0 Å². The zero-order valence-corrected chi connectivity index (χ0v) is 9.52. The molecule has 0 saturated heterocycles. The van der Waals surface area contributed by atoms with Gasteiger partial charge in [0.05, 0.1) is 6.04 Å². The van der Waals surface area contributed by atoms with Crippen LogP contribution < -0.4 is 11.1 Å². The molecule has 0 saturated carbocycles. The van der Waals surface area contributed by atoms with Crippen molar-refractivity contribution in [3.05, 3.63) is 21.9 Å². The average Bonchev–Trinajstić information content (AvgIpc) is 2.51. The molecule has 0 aromatic carbocycles. The van der Waals surface area contributed by atoms with E-state index >= 15 is 0 Å². The predicted octanol–water partition coefficient (Wildman–Crippen LogP) is 1.58. The molecule has 1 aromatic rings. The Balaban J connectivity index is 2.63. The molecule has 1 amide bonds. The maximum atomic E-state index is 10.9. The fourth-order valence-electron chi connectivity index (χ4n) is 1.36. The second-order valence-corrected chi connectivity index (χ2v) is 4.43. The summed E-state index contributed by atoms with van der Waals surface area (Å²) < 4.78 is 0. The van der Waals surface area contributed by atoms with Gasteiger partial charge in [-0.15, -0.1) is 11.3 Å². The first-order valence-corrected chi connectivity index (χ1v) is 5.49. The molecule has 0 aliphatic rings. The monoisotopic (exact) mass is 212 g/mol. The first-order chi connectivity index (χ1) is 6.52. The topological polar surface area (TPSA) is 55.1 Å². The van der Waals surface area contributed by atoms with Crippen molar-refractivity contribution >= 4 is 17.2 Å². The number of thiophene rings is 1. The maximum Gasteiger partial charge on any atom is 0.234 e. The van der Waals surface area contributed by atoms with Crippen LogP contribution in [0.25, 0.3) is 0 Å². The van der Waals surface area contributed by atoms with E-state index in [9.17, 15) is 4.79 Å². The highest BCUT2D eigenvalue weighted by Gasteiger charge is 2.15. The lowest BCUT2D eigenvalue weighted by atomic mass is 10.1. The normalized spacial score (nSPS) is 15.1. The molecule has 78 valence electrons. The van der Waals surface area contributed by atoms with Crippen molar-refractivity contribution in [3.8, 4) is 0 Å². The van der Waals surface area contributed by atoms with E-state index in [-0.39, 0.29) is 18.0 Å². The number of hydrogen-bond acceptors (Lipinski definition) is 3. The summed E-state index contributed by atoms with van der Waals surface area (Å²) in [5.41, 5.74) is 6.43. The second kappa shape index (κ2) is 4.57. The first-order valence-electron chi connectivity index (χ1n) is 4.61. The smallest absolute Gasteiger partial charge is 0.234 e. The van der Waals surface area contributed by atoms with E-state index in [1.54, 1.807) is 18.3 Å². The van der Waals surface area contributed by atoms with Gasteiger partial charge in [-0.3, -0.25) is 10.1 Å². The molecule has 3 nitrogen and oxygen atoms in total. The molecule has 0 radical (unpaired) electrons. The standard InChI is InChI=1S/C10H16N2OS/c1-6-4-5-14-9(6)7(2)12-8(3)10(11)13/h4-5,7-8,12H,1-3H3,(H2,11,13). The Bertz CT molecular complexity index is 322. The SMILES string of the molecule is Cc1ccsc1C(C)NC(C)C(N)=O. The highest BCUT2D eigenvalue weighted by Crippen LogP contribution is 2.23. The number of nitrogens with one attached hydrogen (secondary N) is 1. The minimum Gasteiger partial charge on any atom is -0.368 e. The van der Waals surface area contributed by atoms with E-state index < -0.39 is 0 Å². The quantitative estimate of drug-likeness (QED) is 0.796. The minimum absolute atomic E-state index is 0.178. The summed E-state index contributed by atoms with van der Waals surface area (Å²) in [7, 11) is 0. The van der Waals surface area contributed by atoms with Gasteiger partial charge in [0.15, 0.2) is 0 Å².